The van der Waals surface area contributed by atoms with E-state index in [4.69, 9.17) is 4.65 Å². The molecular weight excluding hydrogens is 527 g/mol. The molecule has 0 saturated carbocycles. The molecule has 0 spiro atoms. The summed E-state index contributed by atoms with van der Waals surface area (Å²) < 4.78 is 5.40. The lowest BCUT2D eigenvalue weighted by Crippen LogP contribution is -2.60. The Kier molecular flexibility index (Phi) is 8.04. The van der Waals surface area contributed by atoms with Crippen molar-refractivity contribution in [3.8, 4) is 5.75 Å². The van der Waals surface area contributed by atoms with Crippen LogP contribution in [0.2, 0.25) is 0 Å². The van der Waals surface area contributed by atoms with Gasteiger partial charge in [-0.05, 0) is 42.7 Å². The quantitative estimate of drug-likeness (QED) is 0.223. The Morgan fingerprint density at radius 1 is 1.02 bits per heavy atom. The molecule has 0 aliphatic carbocycles. The van der Waals surface area contributed by atoms with Gasteiger partial charge in [-0.2, -0.15) is 0 Å². The minimum absolute atomic E-state index is 0.00601. The molecule has 4 rings (SSSR count). The van der Waals surface area contributed by atoms with Crippen molar-refractivity contribution in [3.05, 3.63) is 64.7 Å². The number of carboxylic acid groups (broad SMARTS) is 2. The fourth-order valence-electron chi connectivity index (χ4n) is 4.47. The minimum atomic E-state index is -1.64. The third-order valence-electron chi connectivity index (χ3n) is 6.63. The summed E-state index contributed by atoms with van der Waals surface area (Å²) in [5.41, 5.74) is 0.335. The van der Waals surface area contributed by atoms with Crippen LogP contribution in [0.3, 0.4) is 0 Å². The number of rotatable bonds is 7. The topological polar surface area (TPSA) is 203 Å². The molecule has 2 aliphatic rings. The minimum Gasteiger partial charge on any atom is -0.534 e. The van der Waals surface area contributed by atoms with Crippen molar-refractivity contribution < 1.29 is 48.7 Å². The largest absolute Gasteiger partial charge is 0.547 e. The van der Waals surface area contributed by atoms with Gasteiger partial charge < -0.3 is 35.4 Å². The van der Waals surface area contributed by atoms with Crippen LogP contribution < -0.4 is 15.3 Å². The summed E-state index contributed by atoms with van der Waals surface area (Å²) in [6, 6.07) is 6.94. The Balaban J connectivity index is 1.57. The number of carbonyl (C=O) groups excluding carboxylic acids is 4. The number of hydrogen-bond donors (Lipinski definition) is 5. The molecular formula is C25H25BN4O10. The lowest BCUT2D eigenvalue weighted by atomic mass is 9.72. The highest BCUT2D eigenvalue weighted by atomic mass is 16.5. The zero-order chi connectivity index (χ0) is 29.1. The van der Waals surface area contributed by atoms with Gasteiger partial charge in [0, 0.05) is 19.6 Å². The highest BCUT2D eigenvalue weighted by Gasteiger charge is 2.41. The van der Waals surface area contributed by atoms with Crippen LogP contribution in [0.5, 0.6) is 5.75 Å². The summed E-state index contributed by atoms with van der Waals surface area (Å²) in [5.74, 6) is -6.32. The molecule has 208 valence electrons. The highest BCUT2D eigenvalue weighted by molar-refractivity contribution is 6.47. The summed E-state index contributed by atoms with van der Waals surface area (Å²) in [7, 11) is -1.64. The molecule has 2 aromatic carbocycles. The molecule has 1 saturated heterocycles. The Morgan fingerprint density at radius 2 is 1.73 bits per heavy atom. The van der Waals surface area contributed by atoms with E-state index < -0.39 is 54.8 Å². The molecule has 1 fully saturated rings. The zero-order valence-electron chi connectivity index (χ0n) is 21.2. The molecule has 0 unspecified atom stereocenters. The standard InChI is InChI=1S/C25H25BN4O10/c1-2-29-10-11-30(22(33)21(29)32)25(38)28-18(13-6-8-14(9-7-13)23(34)35)20(31)27-17-12-15-4-3-5-16(24(36)37)19(15)40-26(17)39/h3-9,17-18,39H,2,10-12H2,1H3,(H,27,31)(H,28,38)(H,34,35)(H,36,37)/t17-,18+/m0/s1. The number of nitrogens with zero attached hydrogens (tertiary/aromatic N) is 2. The van der Waals surface area contributed by atoms with Gasteiger partial charge in [0.05, 0.1) is 17.1 Å². The van der Waals surface area contributed by atoms with Crippen LogP contribution in [-0.2, 0) is 20.8 Å². The van der Waals surface area contributed by atoms with E-state index in [0.29, 0.717) is 10.5 Å². The molecule has 2 aliphatic heterocycles. The second kappa shape index (κ2) is 11.4. The van der Waals surface area contributed by atoms with E-state index in [1.165, 1.54) is 41.3 Å². The maximum Gasteiger partial charge on any atom is 0.547 e. The average molecular weight is 552 g/mol. The van der Waals surface area contributed by atoms with E-state index in [0.717, 1.165) is 0 Å². The number of fused-ring (bicyclic) bond motifs is 1. The van der Waals surface area contributed by atoms with Gasteiger partial charge in [0.1, 0.15) is 11.8 Å². The number of imide groups is 1. The van der Waals surface area contributed by atoms with E-state index in [2.05, 4.69) is 10.6 Å². The van der Waals surface area contributed by atoms with E-state index in [9.17, 15) is 44.0 Å². The molecule has 2 aromatic rings. The normalized spacial score (nSPS) is 17.4. The summed E-state index contributed by atoms with van der Waals surface area (Å²) in [6.07, 6.45) is -0.00601. The lowest BCUT2D eigenvalue weighted by molar-refractivity contribution is -0.153. The summed E-state index contributed by atoms with van der Waals surface area (Å²) >= 11 is 0. The molecule has 14 nitrogen and oxygen atoms in total. The number of carbonyl (C=O) groups is 6. The fourth-order valence-corrected chi connectivity index (χ4v) is 4.47. The summed E-state index contributed by atoms with van der Waals surface area (Å²) in [4.78, 5) is 76.0. The van der Waals surface area contributed by atoms with Gasteiger partial charge >= 0.3 is 36.9 Å². The lowest BCUT2D eigenvalue weighted by Gasteiger charge is -2.33. The number of aromatic carboxylic acids is 2. The summed E-state index contributed by atoms with van der Waals surface area (Å²) in [5, 5.41) is 34.1. The second-order valence-electron chi connectivity index (χ2n) is 9.08. The molecule has 2 heterocycles. The first-order valence-electron chi connectivity index (χ1n) is 12.3. The number of hydrogen-bond acceptors (Lipinski definition) is 8. The van der Waals surface area contributed by atoms with Crippen molar-refractivity contribution in [1.82, 2.24) is 20.4 Å². The Hall–Kier alpha value is -4.92. The molecule has 2 atom stereocenters. The Bertz CT molecular complexity index is 1380. The monoisotopic (exact) mass is 552 g/mol. The molecule has 0 aromatic heterocycles. The van der Waals surface area contributed by atoms with E-state index in [1.54, 1.807) is 13.0 Å². The van der Waals surface area contributed by atoms with Crippen LogP contribution in [0.15, 0.2) is 42.5 Å². The van der Waals surface area contributed by atoms with Crippen LogP contribution in [-0.4, -0.2) is 93.4 Å². The van der Waals surface area contributed by atoms with Crippen LogP contribution in [0.4, 0.5) is 4.79 Å². The van der Waals surface area contributed by atoms with Crippen molar-refractivity contribution in [2.24, 2.45) is 0 Å². The first-order valence-corrected chi connectivity index (χ1v) is 12.3. The number of piperazine rings is 1. The van der Waals surface area contributed by atoms with Crippen molar-refractivity contribution in [1.29, 1.82) is 0 Å². The Morgan fingerprint density at radius 3 is 2.35 bits per heavy atom. The highest BCUT2D eigenvalue weighted by Crippen LogP contribution is 2.30. The molecule has 5 N–H and O–H groups in total. The van der Waals surface area contributed by atoms with Crippen molar-refractivity contribution in [2.45, 2.75) is 25.3 Å². The number of nitrogens with one attached hydrogen (secondary N) is 2. The number of amides is 5. The van der Waals surface area contributed by atoms with E-state index >= 15 is 0 Å². The molecule has 40 heavy (non-hydrogen) atoms. The van der Waals surface area contributed by atoms with Gasteiger partial charge in [-0.3, -0.25) is 19.3 Å². The number of para-hydroxylation sites is 1. The smallest absolute Gasteiger partial charge is 0.534 e. The SMILES string of the molecule is CCN1CCN(C(=O)N[C@@H](C(=O)N[C@H]2Cc3cccc(C(=O)O)c3OB2O)c2ccc(C(=O)O)cc2)C(=O)C1=O. The van der Waals surface area contributed by atoms with Crippen molar-refractivity contribution in [2.75, 3.05) is 19.6 Å². The van der Waals surface area contributed by atoms with Crippen LogP contribution in [0.25, 0.3) is 0 Å². The number of urea groups is 1. The third-order valence-corrected chi connectivity index (χ3v) is 6.63. The van der Waals surface area contributed by atoms with Gasteiger partial charge in [-0.15, -0.1) is 0 Å². The van der Waals surface area contributed by atoms with Crippen molar-refractivity contribution in [3.63, 3.8) is 0 Å². The van der Waals surface area contributed by atoms with Gasteiger partial charge in [-0.1, -0.05) is 24.3 Å². The molecule has 15 heteroatoms. The third kappa shape index (κ3) is 5.59. The molecule has 0 bridgehead atoms. The van der Waals surface area contributed by atoms with E-state index in [-0.39, 0.29) is 48.5 Å². The zero-order valence-corrected chi connectivity index (χ0v) is 21.2. The number of carboxylic acids is 2. The van der Waals surface area contributed by atoms with Gasteiger partial charge in [-0.25, -0.2) is 14.4 Å². The van der Waals surface area contributed by atoms with Gasteiger partial charge in [0.25, 0.3) is 0 Å². The van der Waals surface area contributed by atoms with E-state index in [1.807, 2.05) is 0 Å². The maximum absolute atomic E-state index is 13.4. The second-order valence-corrected chi connectivity index (χ2v) is 9.08. The van der Waals surface area contributed by atoms with Gasteiger partial charge in [0.15, 0.2) is 0 Å². The van der Waals surface area contributed by atoms with Crippen LogP contribution >= 0.6 is 0 Å². The predicted octanol–water partition coefficient (Wildman–Crippen LogP) is -0.336. The van der Waals surface area contributed by atoms with Crippen LogP contribution in [0.1, 0.15) is 44.8 Å². The molecule has 5 amide bonds. The predicted molar refractivity (Wildman–Crippen MR) is 136 cm³/mol. The van der Waals surface area contributed by atoms with Crippen molar-refractivity contribution >= 4 is 42.8 Å². The fraction of sp³-hybridized carbons (Fsp3) is 0.280. The molecule has 0 radical (unpaired) electrons. The van der Waals surface area contributed by atoms with Crippen LogP contribution in [0, 0.1) is 0 Å². The average Bonchev–Trinajstić information content (AvgIpc) is 2.93. The maximum atomic E-state index is 13.4. The number of likely N-dealkylation sites (N-methyl/N-ethyl adjacent to an activating group) is 1. The first-order chi connectivity index (χ1) is 19.0. The first kappa shape index (κ1) is 28.1. The summed E-state index contributed by atoms with van der Waals surface area (Å²) in [6.45, 7) is 1.98. The Labute approximate surface area is 227 Å². The number of benzene rings is 2. The van der Waals surface area contributed by atoms with Gasteiger partial charge in [0.2, 0.25) is 5.91 Å².